The van der Waals surface area contributed by atoms with Crippen molar-refractivity contribution in [2.75, 3.05) is 5.32 Å². The first-order valence-electron chi connectivity index (χ1n) is 9.58. The van der Waals surface area contributed by atoms with Crippen LogP contribution >= 0.6 is 0 Å². The lowest BCUT2D eigenvalue weighted by Gasteiger charge is -2.12. The summed E-state index contributed by atoms with van der Waals surface area (Å²) in [5.41, 5.74) is 4.12. The Hall–Kier alpha value is -3.93. The Labute approximate surface area is 173 Å². The highest BCUT2D eigenvalue weighted by Crippen LogP contribution is 2.24. The zero-order valence-electron chi connectivity index (χ0n) is 16.8. The molecule has 2 aromatic carbocycles. The fourth-order valence-corrected chi connectivity index (χ4v) is 3.15. The van der Waals surface area contributed by atoms with Gasteiger partial charge in [-0.2, -0.15) is 0 Å². The Morgan fingerprint density at radius 3 is 2.73 bits per heavy atom. The molecule has 1 amide bonds. The van der Waals surface area contributed by atoms with Crippen LogP contribution in [0.1, 0.15) is 27.2 Å². The van der Waals surface area contributed by atoms with Crippen LogP contribution in [-0.4, -0.2) is 15.3 Å². The van der Waals surface area contributed by atoms with Crippen LogP contribution in [0.2, 0.25) is 0 Å². The third kappa shape index (κ3) is 4.22. The molecule has 0 unspecified atom stereocenters. The van der Waals surface area contributed by atoms with E-state index in [1.54, 1.807) is 30.5 Å². The lowest BCUT2D eigenvalue weighted by atomic mass is 10.1. The monoisotopic (exact) mass is 399 g/mol. The minimum absolute atomic E-state index is 0.150. The minimum atomic E-state index is -0.183. The van der Waals surface area contributed by atoms with Crippen molar-refractivity contribution in [3.63, 3.8) is 0 Å². The number of nitrogens with one attached hydrogen (secondary N) is 1. The van der Waals surface area contributed by atoms with E-state index in [1.165, 1.54) is 10.5 Å². The molecule has 0 aliphatic heterocycles. The van der Waals surface area contributed by atoms with Gasteiger partial charge in [0.2, 0.25) is 0 Å². The van der Waals surface area contributed by atoms with Crippen LogP contribution in [0.5, 0.6) is 5.75 Å². The van der Waals surface area contributed by atoms with Crippen LogP contribution < -0.4 is 15.6 Å². The van der Waals surface area contributed by atoms with E-state index in [0.29, 0.717) is 28.3 Å². The number of carbonyl (C=O) groups is 1. The number of nitrogens with zero attached hydrogens (tertiary/aromatic N) is 2. The van der Waals surface area contributed by atoms with Gasteiger partial charge in [0.15, 0.2) is 0 Å². The van der Waals surface area contributed by atoms with E-state index >= 15 is 0 Å². The molecule has 2 heterocycles. The number of hydrogen-bond acceptors (Lipinski definition) is 4. The Balaban J connectivity index is 1.51. The average molecular weight is 399 g/mol. The minimum Gasteiger partial charge on any atom is -0.487 e. The van der Waals surface area contributed by atoms with E-state index in [2.05, 4.69) is 10.3 Å². The van der Waals surface area contributed by atoms with Gasteiger partial charge >= 0.3 is 0 Å². The zero-order valence-corrected chi connectivity index (χ0v) is 16.8. The SMILES string of the molecule is Cc1cccc(C(=O)Nc2ccc(C)c(OCc3cc(=O)n4ccccc4n3)c2)c1. The third-order valence-electron chi connectivity index (χ3n) is 4.73. The molecule has 6 heteroatoms. The fourth-order valence-electron chi connectivity index (χ4n) is 3.15. The molecule has 0 radical (unpaired) electrons. The summed E-state index contributed by atoms with van der Waals surface area (Å²) in [5.74, 6) is 0.435. The highest BCUT2D eigenvalue weighted by molar-refractivity contribution is 6.04. The number of anilines is 1. The second-order valence-electron chi connectivity index (χ2n) is 7.11. The van der Waals surface area contributed by atoms with Crippen LogP contribution in [-0.2, 0) is 6.61 Å². The standard InChI is InChI=1S/C24H21N3O3/c1-16-6-5-7-18(12-16)24(29)26-19-10-9-17(2)21(13-19)30-15-20-14-23(28)27-11-4-3-8-22(27)25-20/h3-14H,15H2,1-2H3,(H,26,29). The molecule has 150 valence electrons. The molecule has 0 aliphatic rings. The summed E-state index contributed by atoms with van der Waals surface area (Å²) in [6, 6.07) is 19.8. The van der Waals surface area contributed by atoms with Gasteiger partial charge in [0.1, 0.15) is 18.0 Å². The Morgan fingerprint density at radius 2 is 1.90 bits per heavy atom. The van der Waals surface area contributed by atoms with Crippen molar-refractivity contribution >= 4 is 17.2 Å². The van der Waals surface area contributed by atoms with Gasteiger partial charge in [-0.15, -0.1) is 0 Å². The molecule has 30 heavy (non-hydrogen) atoms. The van der Waals surface area contributed by atoms with E-state index < -0.39 is 0 Å². The molecule has 6 nitrogen and oxygen atoms in total. The summed E-state index contributed by atoms with van der Waals surface area (Å²) in [6.07, 6.45) is 1.68. The van der Waals surface area contributed by atoms with Crippen molar-refractivity contribution in [3.8, 4) is 5.75 Å². The number of pyridine rings is 1. The number of rotatable bonds is 5. The van der Waals surface area contributed by atoms with Crippen LogP contribution in [0.15, 0.2) is 77.7 Å². The zero-order chi connectivity index (χ0) is 21.1. The van der Waals surface area contributed by atoms with E-state index in [0.717, 1.165) is 11.1 Å². The van der Waals surface area contributed by atoms with Gasteiger partial charge in [0.05, 0.1) is 5.69 Å². The first kappa shape index (κ1) is 19.4. The lowest BCUT2D eigenvalue weighted by Crippen LogP contribution is -2.16. The number of benzene rings is 2. The van der Waals surface area contributed by atoms with Crippen LogP contribution in [0.4, 0.5) is 5.69 Å². The summed E-state index contributed by atoms with van der Waals surface area (Å²) in [4.78, 5) is 29.2. The number of fused-ring (bicyclic) bond motifs is 1. The van der Waals surface area contributed by atoms with Crippen molar-refractivity contribution in [1.29, 1.82) is 0 Å². The number of hydrogen-bond donors (Lipinski definition) is 1. The molecule has 0 saturated heterocycles. The second kappa shape index (κ2) is 8.21. The Bertz CT molecular complexity index is 1290. The van der Waals surface area contributed by atoms with Gasteiger partial charge in [-0.05, 0) is 49.7 Å². The van der Waals surface area contributed by atoms with Gasteiger partial charge in [-0.3, -0.25) is 14.0 Å². The van der Waals surface area contributed by atoms with Crippen molar-refractivity contribution in [3.05, 3.63) is 106 Å². The molecule has 4 rings (SSSR count). The predicted octanol–water partition coefficient (Wildman–Crippen LogP) is 4.14. The van der Waals surface area contributed by atoms with E-state index in [4.69, 9.17) is 4.74 Å². The van der Waals surface area contributed by atoms with Gasteiger partial charge in [0, 0.05) is 29.6 Å². The molecular weight excluding hydrogens is 378 g/mol. The van der Waals surface area contributed by atoms with E-state index in [9.17, 15) is 9.59 Å². The highest BCUT2D eigenvalue weighted by atomic mass is 16.5. The molecule has 0 saturated carbocycles. The third-order valence-corrected chi connectivity index (χ3v) is 4.73. The summed E-state index contributed by atoms with van der Waals surface area (Å²) in [6.45, 7) is 4.02. The molecule has 4 aromatic rings. The van der Waals surface area contributed by atoms with Crippen molar-refractivity contribution < 1.29 is 9.53 Å². The number of amides is 1. The van der Waals surface area contributed by atoms with Crippen molar-refractivity contribution in [2.24, 2.45) is 0 Å². The number of ether oxygens (including phenoxy) is 1. The average Bonchev–Trinajstić information content (AvgIpc) is 2.74. The Kier molecular flexibility index (Phi) is 5.30. The molecule has 0 bridgehead atoms. The number of aromatic nitrogens is 2. The molecule has 2 aromatic heterocycles. The van der Waals surface area contributed by atoms with Gasteiger partial charge in [0.25, 0.3) is 11.5 Å². The maximum absolute atomic E-state index is 12.5. The van der Waals surface area contributed by atoms with Gasteiger partial charge in [-0.1, -0.05) is 29.8 Å². The Morgan fingerprint density at radius 1 is 1.03 bits per heavy atom. The van der Waals surface area contributed by atoms with E-state index in [-0.39, 0.29) is 18.1 Å². The smallest absolute Gasteiger partial charge is 0.258 e. The predicted molar refractivity (Wildman–Crippen MR) is 116 cm³/mol. The molecule has 0 spiro atoms. The normalized spacial score (nSPS) is 10.7. The van der Waals surface area contributed by atoms with Crippen molar-refractivity contribution in [2.45, 2.75) is 20.5 Å². The second-order valence-corrected chi connectivity index (χ2v) is 7.11. The number of carbonyl (C=O) groups excluding carboxylic acids is 1. The highest BCUT2D eigenvalue weighted by Gasteiger charge is 2.09. The lowest BCUT2D eigenvalue weighted by molar-refractivity contribution is 0.102. The maximum atomic E-state index is 12.5. The number of aryl methyl sites for hydroxylation is 2. The van der Waals surface area contributed by atoms with Gasteiger partial charge in [-0.25, -0.2) is 4.98 Å². The van der Waals surface area contributed by atoms with Crippen LogP contribution in [0, 0.1) is 13.8 Å². The topological polar surface area (TPSA) is 72.7 Å². The van der Waals surface area contributed by atoms with Gasteiger partial charge < -0.3 is 10.1 Å². The quantitative estimate of drug-likeness (QED) is 0.547. The molecule has 0 fully saturated rings. The first-order valence-corrected chi connectivity index (χ1v) is 9.58. The fraction of sp³-hybridized carbons (Fsp3) is 0.125. The molecule has 0 atom stereocenters. The summed E-state index contributed by atoms with van der Waals surface area (Å²) >= 11 is 0. The largest absolute Gasteiger partial charge is 0.487 e. The van der Waals surface area contributed by atoms with Crippen molar-refractivity contribution in [1.82, 2.24) is 9.38 Å². The van der Waals surface area contributed by atoms with Crippen LogP contribution in [0.3, 0.4) is 0 Å². The molecular formula is C24H21N3O3. The maximum Gasteiger partial charge on any atom is 0.258 e. The summed E-state index contributed by atoms with van der Waals surface area (Å²) in [7, 11) is 0. The van der Waals surface area contributed by atoms with Crippen LogP contribution in [0.25, 0.3) is 5.65 Å². The van der Waals surface area contributed by atoms with E-state index in [1.807, 2.05) is 50.2 Å². The summed E-state index contributed by atoms with van der Waals surface area (Å²) in [5, 5.41) is 2.90. The first-order chi connectivity index (χ1) is 14.5. The summed E-state index contributed by atoms with van der Waals surface area (Å²) < 4.78 is 7.39. The molecule has 1 N–H and O–H groups in total. The molecule has 0 aliphatic carbocycles.